The van der Waals surface area contributed by atoms with Crippen molar-refractivity contribution in [2.75, 3.05) is 39.3 Å². The second kappa shape index (κ2) is 10.3. The SMILES string of the molecule is C=C(C)NCC1CCN(CCNCCCCC)CC1. The molecule has 3 nitrogen and oxygen atoms in total. The van der Waals surface area contributed by atoms with Gasteiger partial charge >= 0.3 is 0 Å². The highest BCUT2D eigenvalue weighted by Gasteiger charge is 2.18. The summed E-state index contributed by atoms with van der Waals surface area (Å²) in [5.41, 5.74) is 1.10. The Hall–Kier alpha value is -0.540. The summed E-state index contributed by atoms with van der Waals surface area (Å²) in [5.74, 6) is 0.838. The molecule has 19 heavy (non-hydrogen) atoms. The maximum Gasteiger partial charge on any atom is 0.0172 e. The van der Waals surface area contributed by atoms with Gasteiger partial charge < -0.3 is 15.5 Å². The molecule has 2 N–H and O–H groups in total. The fraction of sp³-hybridized carbons (Fsp3) is 0.875. The Bertz CT molecular complexity index is 232. The topological polar surface area (TPSA) is 27.3 Å². The molecule has 0 unspecified atom stereocenters. The highest BCUT2D eigenvalue weighted by molar-refractivity contribution is 4.86. The number of nitrogens with one attached hydrogen (secondary N) is 2. The van der Waals surface area contributed by atoms with Crippen LogP contribution >= 0.6 is 0 Å². The second-order valence-corrected chi connectivity index (χ2v) is 5.90. The highest BCUT2D eigenvalue weighted by Crippen LogP contribution is 2.16. The Kier molecular flexibility index (Phi) is 8.93. The molecular weight excluding hydrogens is 234 g/mol. The zero-order valence-corrected chi connectivity index (χ0v) is 13.0. The molecule has 0 amide bonds. The van der Waals surface area contributed by atoms with Crippen LogP contribution in [0.25, 0.3) is 0 Å². The van der Waals surface area contributed by atoms with Gasteiger partial charge in [0.2, 0.25) is 0 Å². The van der Waals surface area contributed by atoms with Crippen molar-refractivity contribution >= 4 is 0 Å². The lowest BCUT2D eigenvalue weighted by Gasteiger charge is -2.32. The lowest BCUT2D eigenvalue weighted by atomic mass is 9.97. The number of rotatable bonds is 10. The highest BCUT2D eigenvalue weighted by atomic mass is 15.1. The summed E-state index contributed by atoms with van der Waals surface area (Å²) in [7, 11) is 0. The van der Waals surface area contributed by atoms with Crippen LogP contribution in [-0.4, -0.2) is 44.2 Å². The van der Waals surface area contributed by atoms with Crippen LogP contribution in [0, 0.1) is 5.92 Å². The van der Waals surface area contributed by atoms with Gasteiger partial charge in [-0.15, -0.1) is 0 Å². The van der Waals surface area contributed by atoms with E-state index in [1.165, 1.54) is 58.3 Å². The summed E-state index contributed by atoms with van der Waals surface area (Å²) in [6.07, 6.45) is 6.65. The number of nitrogens with zero attached hydrogens (tertiary/aromatic N) is 1. The number of hydrogen-bond donors (Lipinski definition) is 2. The van der Waals surface area contributed by atoms with Crippen molar-refractivity contribution < 1.29 is 0 Å². The van der Waals surface area contributed by atoms with Crippen LogP contribution in [0.2, 0.25) is 0 Å². The summed E-state index contributed by atoms with van der Waals surface area (Å²) in [4.78, 5) is 2.60. The summed E-state index contributed by atoms with van der Waals surface area (Å²) in [6.45, 7) is 15.4. The maximum absolute atomic E-state index is 3.90. The van der Waals surface area contributed by atoms with E-state index in [2.05, 4.69) is 29.0 Å². The van der Waals surface area contributed by atoms with E-state index in [-0.39, 0.29) is 0 Å². The Morgan fingerprint density at radius 3 is 2.58 bits per heavy atom. The summed E-state index contributed by atoms with van der Waals surface area (Å²) in [5, 5.41) is 6.93. The summed E-state index contributed by atoms with van der Waals surface area (Å²) >= 11 is 0. The number of unbranched alkanes of at least 4 members (excludes halogenated alkanes) is 2. The van der Waals surface area contributed by atoms with E-state index >= 15 is 0 Å². The molecule has 1 aliphatic heterocycles. The number of allylic oxidation sites excluding steroid dienone is 1. The normalized spacial score (nSPS) is 17.6. The number of likely N-dealkylation sites (tertiary alicyclic amines) is 1. The van der Waals surface area contributed by atoms with Gasteiger partial charge in [0.25, 0.3) is 0 Å². The molecule has 3 heteroatoms. The monoisotopic (exact) mass is 267 g/mol. The predicted octanol–water partition coefficient (Wildman–Crippen LogP) is 2.60. The van der Waals surface area contributed by atoms with Crippen LogP contribution in [0.4, 0.5) is 0 Å². The molecule has 0 aromatic rings. The largest absolute Gasteiger partial charge is 0.389 e. The van der Waals surface area contributed by atoms with Crippen LogP contribution in [0.1, 0.15) is 46.0 Å². The van der Waals surface area contributed by atoms with Crippen molar-refractivity contribution in [3.63, 3.8) is 0 Å². The molecule has 1 fully saturated rings. The first kappa shape index (κ1) is 16.5. The van der Waals surface area contributed by atoms with Crippen LogP contribution in [0.5, 0.6) is 0 Å². The van der Waals surface area contributed by atoms with E-state index < -0.39 is 0 Å². The van der Waals surface area contributed by atoms with E-state index in [0.717, 1.165) is 24.7 Å². The van der Waals surface area contributed by atoms with E-state index in [0.29, 0.717) is 0 Å². The molecule has 0 aliphatic carbocycles. The maximum atomic E-state index is 3.90. The fourth-order valence-corrected chi connectivity index (χ4v) is 2.59. The van der Waals surface area contributed by atoms with Crippen molar-refractivity contribution in [3.8, 4) is 0 Å². The first-order valence-corrected chi connectivity index (χ1v) is 8.04. The Balaban J connectivity index is 1.96. The minimum atomic E-state index is 0.838. The van der Waals surface area contributed by atoms with Gasteiger partial charge in [-0.3, -0.25) is 0 Å². The minimum absolute atomic E-state index is 0.838. The quantitative estimate of drug-likeness (QED) is 0.596. The van der Waals surface area contributed by atoms with E-state index in [1.54, 1.807) is 0 Å². The molecule has 1 saturated heterocycles. The Morgan fingerprint density at radius 1 is 1.21 bits per heavy atom. The molecule has 112 valence electrons. The van der Waals surface area contributed by atoms with E-state index in [9.17, 15) is 0 Å². The van der Waals surface area contributed by atoms with Gasteiger partial charge in [0.15, 0.2) is 0 Å². The van der Waals surface area contributed by atoms with Gasteiger partial charge in [0, 0.05) is 25.3 Å². The van der Waals surface area contributed by atoms with Crippen LogP contribution in [-0.2, 0) is 0 Å². The molecule has 1 rings (SSSR count). The molecule has 0 bridgehead atoms. The van der Waals surface area contributed by atoms with Gasteiger partial charge in [0.05, 0.1) is 0 Å². The van der Waals surface area contributed by atoms with Gasteiger partial charge in [-0.2, -0.15) is 0 Å². The first-order chi connectivity index (χ1) is 9.22. The summed E-state index contributed by atoms with van der Waals surface area (Å²) in [6, 6.07) is 0. The second-order valence-electron chi connectivity index (χ2n) is 5.90. The van der Waals surface area contributed by atoms with Crippen molar-refractivity contribution in [2.45, 2.75) is 46.0 Å². The van der Waals surface area contributed by atoms with Crippen molar-refractivity contribution in [2.24, 2.45) is 5.92 Å². The number of piperidine rings is 1. The number of hydrogen-bond acceptors (Lipinski definition) is 3. The zero-order chi connectivity index (χ0) is 13.9. The lowest BCUT2D eigenvalue weighted by Crippen LogP contribution is -2.40. The standard InChI is InChI=1S/C16H33N3/c1-4-5-6-9-17-10-13-19-11-7-16(8-12-19)14-18-15(2)3/h16-18H,2,4-14H2,1,3H3. The first-order valence-electron chi connectivity index (χ1n) is 8.04. The Morgan fingerprint density at radius 2 is 1.95 bits per heavy atom. The lowest BCUT2D eigenvalue weighted by molar-refractivity contribution is 0.184. The Labute approximate surface area is 119 Å². The van der Waals surface area contributed by atoms with Crippen molar-refractivity contribution in [3.05, 3.63) is 12.3 Å². The van der Waals surface area contributed by atoms with Crippen molar-refractivity contribution in [1.82, 2.24) is 15.5 Å². The van der Waals surface area contributed by atoms with Crippen LogP contribution in [0.15, 0.2) is 12.3 Å². The fourth-order valence-electron chi connectivity index (χ4n) is 2.59. The smallest absolute Gasteiger partial charge is 0.0172 e. The van der Waals surface area contributed by atoms with E-state index in [4.69, 9.17) is 0 Å². The van der Waals surface area contributed by atoms with Gasteiger partial charge in [0.1, 0.15) is 0 Å². The molecule has 1 aliphatic rings. The van der Waals surface area contributed by atoms with Crippen molar-refractivity contribution in [1.29, 1.82) is 0 Å². The zero-order valence-electron chi connectivity index (χ0n) is 13.0. The average molecular weight is 267 g/mol. The van der Waals surface area contributed by atoms with E-state index in [1.807, 2.05) is 6.92 Å². The van der Waals surface area contributed by atoms with Gasteiger partial charge in [-0.1, -0.05) is 26.3 Å². The average Bonchev–Trinajstić information content (AvgIpc) is 2.41. The third-order valence-corrected chi connectivity index (χ3v) is 3.96. The predicted molar refractivity (Wildman–Crippen MR) is 84.4 cm³/mol. The third-order valence-electron chi connectivity index (χ3n) is 3.96. The third kappa shape index (κ3) is 8.27. The summed E-state index contributed by atoms with van der Waals surface area (Å²) < 4.78 is 0. The molecule has 0 radical (unpaired) electrons. The molecule has 0 spiro atoms. The molecule has 0 atom stereocenters. The molecule has 0 aromatic carbocycles. The molecule has 0 saturated carbocycles. The van der Waals surface area contributed by atoms with Crippen LogP contribution < -0.4 is 10.6 Å². The minimum Gasteiger partial charge on any atom is -0.389 e. The molecule has 1 heterocycles. The molecule has 0 aromatic heterocycles. The van der Waals surface area contributed by atoms with Gasteiger partial charge in [-0.25, -0.2) is 0 Å². The molecular formula is C16H33N3. The van der Waals surface area contributed by atoms with Crippen LogP contribution in [0.3, 0.4) is 0 Å². The van der Waals surface area contributed by atoms with Gasteiger partial charge in [-0.05, 0) is 51.7 Å².